The minimum atomic E-state index is -0.224. The van der Waals surface area contributed by atoms with Gasteiger partial charge in [0.05, 0.1) is 0 Å². The minimum absolute atomic E-state index is 0.116. The zero-order chi connectivity index (χ0) is 13.0. The van der Waals surface area contributed by atoms with Crippen molar-refractivity contribution in [3.63, 3.8) is 0 Å². The molecule has 0 aliphatic carbocycles. The van der Waals surface area contributed by atoms with Gasteiger partial charge in [0.25, 0.3) is 5.91 Å². The number of hydrogen-bond acceptors (Lipinski definition) is 4. The molecule has 0 fully saturated rings. The number of phenolic OH excluding ortho intramolecular Hbond substituents is 2. The molecule has 17 heavy (non-hydrogen) atoms. The topological polar surface area (TPSA) is 64.0 Å². The summed E-state index contributed by atoms with van der Waals surface area (Å²) in [4.78, 5) is 15.5. The van der Waals surface area contributed by atoms with Gasteiger partial charge in [0.15, 0.2) is 0 Å². The first-order valence-electron chi connectivity index (χ1n) is 5.33. The van der Waals surface area contributed by atoms with E-state index in [9.17, 15) is 15.0 Å². The van der Waals surface area contributed by atoms with Gasteiger partial charge in [-0.3, -0.25) is 4.79 Å². The molecule has 94 valence electrons. The SMILES string of the molecule is CN(C)CCN(C)C(=O)c1cc(O)cc(O)c1. The summed E-state index contributed by atoms with van der Waals surface area (Å²) in [6.07, 6.45) is 0. The molecule has 0 saturated heterocycles. The lowest BCUT2D eigenvalue weighted by Crippen LogP contribution is -2.33. The van der Waals surface area contributed by atoms with E-state index in [-0.39, 0.29) is 23.0 Å². The van der Waals surface area contributed by atoms with Crippen molar-refractivity contribution in [2.24, 2.45) is 0 Å². The van der Waals surface area contributed by atoms with Gasteiger partial charge in [-0.1, -0.05) is 0 Å². The largest absolute Gasteiger partial charge is 0.508 e. The fraction of sp³-hybridized carbons (Fsp3) is 0.417. The van der Waals surface area contributed by atoms with E-state index in [1.807, 2.05) is 19.0 Å². The van der Waals surface area contributed by atoms with Crippen LogP contribution in [0.3, 0.4) is 0 Å². The van der Waals surface area contributed by atoms with E-state index < -0.39 is 0 Å². The Labute approximate surface area is 101 Å². The van der Waals surface area contributed by atoms with E-state index in [1.54, 1.807) is 11.9 Å². The van der Waals surface area contributed by atoms with Crippen LogP contribution in [0.15, 0.2) is 18.2 Å². The number of rotatable bonds is 4. The van der Waals surface area contributed by atoms with Gasteiger partial charge in [-0.15, -0.1) is 0 Å². The van der Waals surface area contributed by atoms with Gasteiger partial charge in [0, 0.05) is 31.8 Å². The normalized spacial score (nSPS) is 10.6. The van der Waals surface area contributed by atoms with Crippen LogP contribution in [0, 0.1) is 0 Å². The molecule has 0 aliphatic rings. The fourth-order valence-electron chi connectivity index (χ4n) is 1.39. The lowest BCUT2D eigenvalue weighted by atomic mass is 10.2. The Hall–Kier alpha value is -1.75. The second-order valence-electron chi connectivity index (χ2n) is 4.27. The van der Waals surface area contributed by atoms with Crippen LogP contribution in [0.5, 0.6) is 11.5 Å². The average molecular weight is 238 g/mol. The van der Waals surface area contributed by atoms with Crippen LogP contribution < -0.4 is 0 Å². The molecule has 0 unspecified atom stereocenters. The van der Waals surface area contributed by atoms with Gasteiger partial charge < -0.3 is 20.0 Å². The summed E-state index contributed by atoms with van der Waals surface area (Å²) >= 11 is 0. The van der Waals surface area contributed by atoms with E-state index in [2.05, 4.69) is 0 Å². The first-order chi connectivity index (χ1) is 7.90. The lowest BCUT2D eigenvalue weighted by molar-refractivity contribution is 0.0785. The molecule has 0 atom stereocenters. The number of likely N-dealkylation sites (N-methyl/N-ethyl adjacent to an activating group) is 2. The Morgan fingerprint density at radius 3 is 2.06 bits per heavy atom. The van der Waals surface area contributed by atoms with Crippen molar-refractivity contribution in [1.82, 2.24) is 9.80 Å². The molecule has 0 heterocycles. The molecule has 5 nitrogen and oxygen atoms in total. The van der Waals surface area contributed by atoms with Crippen LogP contribution in [0.2, 0.25) is 0 Å². The third-order valence-electron chi connectivity index (χ3n) is 2.38. The molecule has 0 aliphatic heterocycles. The van der Waals surface area contributed by atoms with Gasteiger partial charge in [-0.2, -0.15) is 0 Å². The smallest absolute Gasteiger partial charge is 0.253 e. The Balaban J connectivity index is 2.74. The lowest BCUT2D eigenvalue weighted by Gasteiger charge is -2.19. The van der Waals surface area contributed by atoms with Crippen LogP contribution >= 0.6 is 0 Å². The van der Waals surface area contributed by atoms with Crippen LogP contribution in [0.1, 0.15) is 10.4 Å². The fourth-order valence-corrected chi connectivity index (χ4v) is 1.39. The van der Waals surface area contributed by atoms with Crippen LogP contribution in [-0.4, -0.2) is 60.2 Å². The van der Waals surface area contributed by atoms with Gasteiger partial charge in [0.2, 0.25) is 0 Å². The van der Waals surface area contributed by atoms with Crippen LogP contribution in [-0.2, 0) is 0 Å². The maximum atomic E-state index is 11.9. The molecule has 5 heteroatoms. The second kappa shape index (κ2) is 5.54. The number of nitrogens with zero attached hydrogens (tertiary/aromatic N) is 2. The summed E-state index contributed by atoms with van der Waals surface area (Å²) in [6, 6.07) is 3.87. The third kappa shape index (κ3) is 3.96. The quantitative estimate of drug-likeness (QED) is 0.811. The number of phenols is 2. The molecule has 0 aromatic heterocycles. The Kier molecular flexibility index (Phi) is 4.34. The highest BCUT2D eigenvalue weighted by Gasteiger charge is 2.13. The third-order valence-corrected chi connectivity index (χ3v) is 2.38. The van der Waals surface area contributed by atoms with Gasteiger partial charge >= 0.3 is 0 Å². The number of carbonyl (C=O) groups excluding carboxylic acids is 1. The van der Waals surface area contributed by atoms with Crippen molar-refractivity contribution >= 4 is 5.91 Å². The molecule has 1 amide bonds. The van der Waals surface area contributed by atoms with Crippen LogP contribution in [0.25, 0.3) is 0 Å². The Bertz CT molecular complexity index is 384. The Morgan fingerprint density at radius 2 is 1.59 bits per heavy atom. The average Bonchev–Trinajstić information content (AvgIpc) is 2.23. The highest BCUT2D eigenvalue weighted by atomic mass is 16.3. The summed E-state index contributed by atoms with van der Waals surface area (Å²) in [7, 11) is 5.55. The molecule has 0 spiro atoms. The standard InChI is InChI=1S/C12H18N2O3/c1-13(2)4-5-14(3)12(17)9-6-10(15)8-11(16)7-9/h6-8,15-16H,4-5H2,1-3H3. The van der Waals surface area contributed by atoms with Gasteiger partial charge in [-0.25, -0.2) is 0 Å². The zero-order valence-corrected chi connectivity index (χ0v) is 10.3. The van der Waals surface area contributed by atoms with Crippen molar-refractivity contribution in [1.29, 1.82) is 0 Å². The molecular formula is C12H18N2O3. The van der Waals surface area contributed by atoms with Crippen molar-refractivity contribution in [2.75, 3.05) is 34.2 Å². The number of hydrogen-bond donors (Lipinski definition) is 2. The minimum Gasteiger partial charge on any atom is -0.508 e. The first-order valence-corrected chi connectivity index (χ1v) is 5.33. The van der Waals surface area contributed by atoms with Crippen molar-refractivity contribution in [2.45, 2.75) is 0 Å². The second-order valence-corrected chi connectivity index (χ2v) is 4.27. The van der Waals surface area contributed by atoms with E-state index in [0.717, 1.165) is 6.54 Å². The summed E-state index contributed by atoms with van der Waals surface area (Å²) in [5.74, 6) is -0.457. The van der Waals surface area contributed by atoms with Crippen molar-refractivity contribution in [3.8, 4) is 11.5 Å². The van der Waals surface area contributed by atoms with Crippen molar-refractivity contribution < 1.29 is 15.0 Å². The van der Waals surface area contributed by atoms with E-state index in [4.69, 9.17) is 0 Å². The highest BCUT2D eigenvalue weighted by molar-refractivity contribution is 5.94. The number of aromatic hydroxyl groups is 2. The van der Waals surface area contributed by atoms with Gasteiger partial charge in [0.1, 0.15) is 11.5 Å². The van der Waals surface area contributed by atoms with Crippen molar-refractivity contribution in [3.05, 3.63) is 23.8 Å². The molecule has 0 saturated carbocycles. The molecule has 1 aromatic carbocycles. The summed E-state index contributed by atoms with van der Waals surface area (Å²) < 4.78 is 0. The van der Waals surface area contributed by atoms with Crippen LogP contribution in [0.4, 0.5) is 0 Å². The molecule has 0 bridgehead atoms. The molecule has 1 aromatic rings. The summed E-state index contributed by atoms with van der Waals surface area (Å²) in [5, 5.41) is 18.6. The van der Waals surface area contributed by atoms with E-state index in [1.165, 1.54) is 18.2 Å². The summed E-state index contributed by atoms with van der Waals surface area (Å²) in [5.41, 5.74) is 0.281. The maximum Gasteiger partial charge on any atom is 0.253 e. The number of benzene rings is 1. The highest BCUT2D eigenvalue weighted by Crippen LogP contribution is 2.21. The number of carbonyl (C=O) groups is 1. The molecule has 0 radical (unpaired) electrons. The molecule has 1 rings (SSSR count). The molecular weight excluding hydrogens is 220 g/mol. The van der Waals surface area contributed by atoms with Gasteiger partial charge in [-0.05, 0) is 26.2 Å². The zero-order valence-electron chi connectivity index (χ0n) is 10.3. The first kappa shape index (κ1) is 13.3. The van der Waals surface area contributed by atoms with E-state index in [0.29, 0.717) is 6.54 Å². The predicted molar refractivity (Wildman–Crippen MR) is 65.3 cm³/mol. The monoisotopic (exact) mass is 238 g/mol. The number of amides is 1. The maximum absolute atomic E-state index is 11.9. The molecule has 2 N–H and O–H groups in total. The Morgan fingerprint density at radius 1 is 1.06 bits per heavy atom. The predicted octanol–water partition coefficient (Wildman–Crippen LogP) is 0.731. The van der Waals surface area contributed by atoms with E-state index >= 15 is 0 Å². The summed E-state index contributed by atoms with van der Waals surface area (Å²) in [6.45, 7) is 1.34.